The molecule has 1 heterocycles. The van der Waals surface area contributed by atoms with Gasteiger partial charge in [-0.15, -0.1) is 0 Å². The Labute approximate surface area is 171 Å². The third kappa shape index (κ3) is 5.78. The molecule has 1 N–H and O–H groups in total. The number of urea groups is 1. The minimum atomic E-state index is -0.256. The molecule has 0 aromatic heterocycles. The summed E-state index contributed by atoms with van der Waals surface area (Å²) in [6.45, 7) is 5.51. The van der Waals surface area contributed by atoms with Crippen LogP contribution in [-0.2, 0) is 24.4 Å². The van der Waals surface area contributed by atoms with E-state index in [1.54, 1.807) is 12.1 Å². The van der Waals surface area contributed by atoms with Gasteiger partial charge >= 0.3 is 6.03 Å². The minimum Gasteiger partial charge on any atom is -0.379 e. The van der Waals surface area contributed by atoms with Crippen molar-refractivity contribution in [3.63, 3.8) is 0 Å². The smallest absolute Gasteiger partial charge is 0.318 e. The van der Waals surface area contributed by atoms with E-state index >= 15 is 0 Å². The second-order valence-corrected chi connectivity index (χ2v) is 7.85. The highest BCUT2D eigenvalue weighted by Gasteiger charge is 2.32. The largest absolute Gasteiger partial charge is 0.379 e. The van der Waals surface area contributed by atoms with E-state index in [0.717, 1.165) is 56.8 Å². The molecule has 0 unspecified atom stereocenters. The van der Waals surface area contributed by atoms with Gasteiger partial charge in [-0.2, -0.15) is 0 Å². The second kappa shape index (κ2) is 9.37. The lowest BCUT2D eigenvalue weighted by atomic mass is 10.1. The minimum absolute atomic E-state index is 0.0609. The Balaban J connectivity index is 1.28. The number of rotatable bonds is 7. The molecule has 29 heavy (non-hydrogen) atoms. The van der Waals surface area contributed by atoms with Gasteiger partial charge in [0.2, 0.25) is 0 Å². The number of nitrogens with one attached hydrogen (secondary N) is 1. The Morgan fingerprint density at radius 2 is 1.62 bits per heavy atom. The lowest BCUT2D eigenvalue weighted by molar-refractivity contribution is 0.0342. The molecule has 2 amide bonds. The van der Waals surface area contributed by atoms with Gasteiger partial charge in [-0.3, -0.25) is 4.90 Å². The average molecular weight is 397 g/mol. The fourth-order valence-electron chi connectivity index (χ4n) is 3.60. The van der Waals surface area contributed by atoms with E-state index in [2.05, 4.69) is 34.5 Å². The Morgan fingerprint density at radius 3 is 2.28 bits per heavy atom. The summed E-state index contributed by atoms with van der Waals surface area (Å²) in [6.07, 6.45) is 2.07. The molecule has 4 rings (SSSR count). The molecule has 2 aromatic rings. The van der Waals surface area contributed by atoms with Crippen molar-refractivity contribution in [2.75, 3.05) is 26.3 Å². The summed E-state index contributed by atoms with van der Waals surface area (Å²) in [5, 5.41) is 3.04. The monoisotopic (exact) mass is 397 g/mol. The van der Waals surface area contributed by atoms with Gasteiger partial charge in [0.1, 0.15) is 5.82 Å². The van der Waals surface area contributed by atoms with Gasteiger partial charge in [0.15, 0.2) is 0 Å². The van der Waals surface area contributed by atoms with Crippen LogP contribution in [0.5, 0.6) is 0 Å². The number of hydrogen-bond donors (Lipinski definition) is 1. The van der Waals surface area contributed by atoms with Crippen LogP contribution in [-0.4, -0.2) is 48.2 Å². The Bertz CT molecular complexity index is 800. The van der Waals surface area contributed by atoms with Crippen molar-refractivity contribution in [3.8, 4) is 0 Å². The summed E-state index contributed by atoms with van der Waals surface area (Å²) in [7, 11) is 0. The predicted octanol–water partition coefficient (Wildman–Crippen LogP) is 3.53. The molecule has 0 spiro atoms. The van der Waals surface area contributed by atoms with Crippen LogP contribution >= 0.6 is 0 Å². The van der Waals surface area contributed by atoms with Crippen LogP contribution in [0.2, 0.25) is 0 Å². The van der Waals surface area contributed by atoms with E-state index in [0.29, 0.717) is 13.1 Å². The highest BCUT2D eigenvalue weighted by molar-refractivity contribution is 5.75. The molecule has 6 heteroatoms. The summed E-state index contributed by atoms with van der Waals surface area (Å²) < 4.78 is 18.5. The van der Waals surface area contributed by atoms with E-state index in [1.165, 1.54) is 17.7 Å². The third-order valence-corrected chi connectivity index (χ3v) is 5.49. The highest BCUT2D eigenvalue weighted by atomic mass is 19.1. The zero-order chi connectivity index (χ0) is 20.1. The maximum absolute atomic E-state index is 13.1. The predicted molar refractivity (Wildman–Crippen MR) is 110 cm³/mol. The first-order chi connectivity index (χ1) is 14.2. The fraction of sp³-hybridized carbons (Fsp3) is 0.435. The van der Waals surface area contributed by atoms with E-state index < -0.39 is 0 Å². The molecule has 1 aliphatic heterocycles. The van der Waals surface area contributed by atoms with Crippen molar-refractivity contribution in [2.24, 2.45) is 0 Å². The molecule has 2 fully saturated rings. The Morgan fingerprint density at radius 1 is 1.00 bits per heavy atom. The number of carbonyl (C=O) groups is 1. The highest BCUT2D eigenvalue weighted by Crippen LogP contribution is 2.28. The molecule has 154 valence electrons. The topological polar surface area (TPSA) is 44.8 Å². The summed E-state index contributed by atoms with van der Waals surface area (Å²) in [5.74, 6) is -0.256. The van der Waals surface area contributed by atoms with Gasteiger partial charge in [-0.1, -0.05) is 36.4 Å². The number of benzene rings is 2. The van der Waals surface area contributed by atoms with Gasteiger partial charge < -0.3 is 15.0 Å². The van der Waals surface area contributed by atoms with Crippen LogP contribution in [0.15, 0.2) is 48.5 Å². The number of hydrogen-bond acceptors (Lipinski definition) is 3. The quantitative estimate of drug-likeness (QED) is 0.777. The van der Waals surface area contributed by atoms with Crippen molar-refractivity contribution >= 4 is 6.03 Å². The first-order valence-corrected chi connectivity index (χ1v) is 10.3. The van der Waals surface area contributed by atoms with E-state index in [1.807, 2.05) is 4.90 Å². The molecule has 1 saturated heterocycles. The van der Waals surface area contributed by atoms with E-state index in [9.17, 15) is 9.18 Å². The van der Waals surface area contributed by atoms with Gasteiger partial charge in [0, 0.05) is 38.8 Å². The number of halogens is 1. The standard InChI is InChI=1S/C23H28FN3O2/c24-21-7-5-20(6-8-21)17-27(22-9-10-22)23(28)25-15-18-1-3-19(4-2-18)16-26-11-13-29-14-12-26/h1-8,22H,9-17H2,(H,25,28). The number of morpholine rings is 1. The molecule has 5 nitrogen and oxygen atoms in total. The third-order valence-electron chi connectivity index (χ3n) is 5.49. The van der Waals surface area contributed by atoms with Gasteiger partial charge in [-0.05, 0) is 41.7 Å². The second-order valence-electron chi connectivity index (χ2n) is 7.85. The van der Waals surface area contributed by atoms with Crippen LogP contribution in [0.4, 0.5) is 9.18 Å². The molecular weight excluding hydrogens is 369 g/mol. The van der Waals surface area contributed by atoms with Crippen molar-refractivity contribution in [1.29, 1.82) is 0 Å². The maximum Gasteiger partial charge on any atom is 0.318 e. The SMILES string of the molecule is O=C(NCc1ccc(CN2CCOCC2)cc1)N(Cc1ccc(F)cc1)C1CC1. The molecule has 2 aliphatic rings. The first-order valence-electron chi connectivity index (χ1n) is 10.3. The normalized spacial score (nSPS) is 17.1. The van der Waals surface area contributed by atoms with Crippen LogP contribution < -0.4 is 5.32 Å². The Hall–Kier alpha value is -2.44. The number of carbonyl (C=O) groups excluding carboxylic acids is 1. The number of nitrogens with zero attached hydrogens (tertiary/aromatic N) is 2. The van der Waals surface area contributed by atoms with Crippen molar-refractivity contribution in [1.82, 2.24) is 15.1 Å². The molecule has 2 aromatic carbocycles. The van der Waals surface area contributed by atoms with E-state index in [-0.39, 0.29) is 17.9 Å². The van der Waals surface area contributed by atoms with Gasteiger partial charge in [0.05, 0.1) is 13.2 Å². The number of ether oxygens (including phenoxy) is 1. The van der Waals surface area contributed by atoms with Crippen LogP contribution in [0.1, 0.15) is 29.5 Å². The lowest BCUT2D eigenvalue weighted by Gasteiger charge is -2.26. The molecule has 1 aliphatic carbocycles. The molecular formula is C23H28FN3O2. The summed E-state index contributed by atoms with van der Waals surface area (Å²) in [6, 6.07) is 15.0. The lowest BCUT2D eigenvalue weighted by Crippen LogP contribution is -2.40. The van der Waals surface area contributed by atoms with Crippen molar-refractivity contribution in [3.05, 3.63) is 71.0 Å². The summed E-state index contributed by atoms with van der Waals surface area (Å²) >= 11 is 0. The maximum atomic E-state index is 13.1. The van der Waals surface area contributed by atoms with Crippen LogP contribution in [0, 0.1) is 5.82 Å². The average Bonchev–Trinajstić information content (AvgIpc) is 3.58. The molecule has 0 radical (unpaired) electrons. The summed E-state index contributed by atoms with van der Waals surface area (Å²) in [4.78, 5) is 17.0. The number of amides is 2. The Kier molecular flexibility index (Phi) is 6.42. The zero-order valence-electron chi connectivity index (χ0n) is 16.6. The van der Waals surface area contributed by atoms with Crippen LogP contribution in [0.3, 0.4) is 0 Å². The molecule has 0 bridgehead atoms. The van der Waals surface area contributed by atoms with E-state index in [4.69, 9.17) is 4.74 Å². The van der Waals surface area contributed by atoms with Crippen molar-refractivity contribution < 1.29 is 13.9 Å². The summed E-state index contributed by atoms with van der Waals surface area (Å²) in [5.41, 5.74) is 3.31. The van der Waals surface area contributed by atoms with Crippen LogP contribution in [0.25, 0.3) is 0 Å². The molecule has 0 atom stereocenters. The zero-order valence-corrected chi connectivity index (χ0v) is 16.6. The van der Waals surface area contributed by atoms with Gasteiger partial charge in [0.25, 0.3) is 0 Å². The molecule has 1 saturated carbocycles. The van der Waals surface area contributed by atoms with Gasteiger partial charge in [-0.25, -0.2) is 9.18 Å². The fourth-order valence-corrected chi connectivity index (χ4v) is 3.60. The van der Waals surface area contributed by atoms with Crippen molar-refractivity contribution in [2.45, 2.75) is 38.5 Å². The first kappa shape index (κ1) is 19.9.